The van der Waals surface area contributed by atoms with Gasteiger partial charge in [-0.15, -0.1) is 10.2 Å². The molecule has 0 aliphatic heterocycles. The first kappa shape index (κ1) is 12.3. The van der Waals surface area contributed by atoms with Crippen LogP contribution >= 0.6 is 0 Å². The molecule has 0 fully saturated rings. The van der Waals surface area contributed by atoms with Crippen LogP contribution in [-0.2, 0) is 0 Å². The van der Waals surface area contributed by atoms with Crippen LogP contribution in [0.4, 0.5) is 0 Å². The predicted octanol–water partition coefficient (Wildman–Crippen LogP) is 1.91. The monoisotopic (exact) mass is 268 g/mol. The Morgan fingerprint density at radius 1 is 0.800 bits per heavy atom. The van der Waals surface area contributed by atoms with Crippen LogP contribution in [0.15, 0.2) is 23.0 Å². The zero-order chi connectivity index (χ0) is 14.1. The highest BCUT2D eigenvalue weighted by molar-refractivity contribution is 5.57. The Kier molecular flexibility index (Phi) is 2.94. The molecule has 0 spiro atoms. The first-order valence-electron chi connectivity index (χ1n) is 6.06. The maximum Gasteiger partial charge on any atom is 0.251 e. The summed E-state index contributed by atoms with van der Waals surface area (Å²) >= 11 is 0. The first-order valence-corrected chi connectivity index (χ1v) is 6.06. The molecule has 0 amide bonds. The average Bonchev–Trinajstić information content (AvgIpc) is 2.89. The van der Waals surface area contributed by atoms with Crippen LogP contribution in [0, 0.1) is 20.8 Å². The molecular formula is C13H12N6O. The van der Waals surface area contributed by atoms with E-state index in [1.165, 1.54) is 0 Å². The van der Waals surface area contributed by atoms with Crippen LogP contribution in [0.5, 0.6) is 0 Å². The Balaban J connectivity index is 1.99. The maximum absolute atomic E-state index is 5.63. The smallest absolute Gasteiger partial charge is 0.251 e. The fourth-order valence-electron chi connectivity index (χ4n) is 1.74. The maximum atomic E-state index is 5.63. The van der Waals surface area contributed by atoms with Crippen molar-refractivity contribution in [3.05, 3.63) is 35.9 Å². The highest BCUT2D eigenvalue weighted by Crippen LogP contribution is 2.24. The van der Waals surface area contributed by atoms with Gasteiger partial charge in [0.15, 0.2) is 0 Å². The van der Waals surface area contributed by atoms with Crippen molar-refractivity contribution in [3.8, 4) is 22.9 Å². The lowest BCUT2D eigenvalue weighted by molar-refractivity contribution is 0.582. The number of hydrogen-bond acceptors (Lipinski definition) is 7. The normalized spacial score (nSPS) is 10.8. The van der Waals surface area contributed by atoms with Gasteiger partial charge < -0.3 is 4.42 Å². The van der Waals surface area contributed by atoms with E-state index in [-0.39, 0.29) is 0 Å². The Bertz CT molecular complexity index is 750. The van der Waals surface area contributed by atoms with Gasteiger partial charge in [-0.3, -0.25) is 0 Å². The summed E-state index contributed by atoms with van der Waals surface area (Å²) in [4.78, 5) is 16.6. The summed E-state index contributed by atoms with van der Waals surface area (Å²) < 4.78 is 5.63. The highest BCUT2D eigenvalue weighted by Gasteiger charge is 2.14. The van der Waals surface area contributed by atoms with E-state index < -0.39 is 0 Å². The number of hydrogen-bond donors (Lipinski definition) is 0. The quantitative estimate of drug-likeness (QED) is 0.701. The van der Waals surface area contributed by atoms with Crippen molar-refractivity contribution in [3.63, 3.8) is 0 Å². The minimum absolute atomic E-state index is 0.375. The molecule has 0 N–H and O–H groups in total. The second kappa shape index (κ2) is 4.76. The summed E-state index contributed by atoms with van der Waals surface area (Å²) in [6.07, 6.45) is 4.98. The molecule has 0 aliphatic carbocycles. The van der Waals surface area contributed by atoms with Gasteiger partial charge in [-0.2, -0.15) is 0 Å². The molecule has 0 atom stereocenters. The Morgan fingerprint density at radius 3 is 2.15 bits per heavy atom. The third kappa shape index (κ3) is 2.25. The molecule has 3 heterocycles. The molecule has 0 unspecified atom stereocenters. The molecule has 7 nitrogen and oxygen atoms in total. The van der Waals surface area contributed by atoms with Crippen molar-refractivity contribution >= 4 is 0 Å². The van der Waals surface area contributed by atoms with Gasteiger partial charge in [0, 0.05) is 18.6 Å². The minimum atomic E-state index is 0.375. The molecular weight excluding hydrogens is 256 g/mol. The van der Waals surface area contributed by atoms with Gasteiger partial charge in [0.25, 0.3) is 11.8 Å². The molecule has 20 heavy (non-hydrogen) atoms. The van der Waals surface area contributed by atoms with Gasteiger partial charge in [0.2, 0.25) is 0 Å². The van der Waals surface area contributed by atoms with Gasteiger partial charge in [0.1, 0.15) is 11.6 Å². The SMILES string of the molecule is Cc1ncc(-c2nnc(-c3cnc(C)nc3C)o2)cn1. The third-order valence-electron chi connectivity index (χ3n) is 2.78. The Labute approximate surface area is 115 Å². The zero-order valence-corrected chi connectivity index (χ0v) is 11.3. The van der Waals surface area contributed by atoms with Gasteiger partial charge in [-0.05, 0) is 20.8 Å². The average molecular weight is 268 g/mol. The molecule has 0 saturated carbocycles. The molecule has 0 aromatic carbocycles. The summed E-state index contributed by atoms with van der Waals surface area (Å²) in [7, 11) is 0. The summed E-state index contributed by atoms with van der Waals surface area (Å²) in [5, 5.41) is 8.03. The molecule has 100 valence electrons. The van der Waals surface area contributed by atoms with Crippen LogP contribution in [0.1, 0.15) is 17.3 Å². The van der Waals surface area contributed by atoms with E-state index in [1.807, 2.05) is 20.8 Å². The second-order valence-corrected chi connectivity index (χ2v) is 4.35. The van der Waals surface area contributed by atoms with E-state index >= 15 is 0 Å². The van der Waals surface area contributed by atoms with Gasteiger partial charge >= 0.3 is 0 Å². The first-order chi connectivity index (χ1) is 9.63. The molecule has 3 aromatic heterocycles. The van der Waals surface area contributed by atoms with Gasteiger partial charge in [-0.25, -0.2) is 19.9 Å². The molecule has 3 rings (SSSR count). The van der Waals surface area contributed by atoms with E-state index in [2.05, 4.69) is 30.1 Å². The van der Waals surface area contributed by atoms with Crippen LogP contribution in [0.2, 0.25) is 0 Å². The molecule has 0 saturated heterocycles. The van der Waals surface area contributed by atoms with E-state index in [1.54, 1.807) is 18.6 Å². The van der Waals surface area contributed by atoms with Gasteiger partial charge in [0.05, 0.1) is 16.8 Å². The summed E-state index contributed by atoms with van der Waals surface area (Å²) in [5.74, 6) is 2.16. The Morgan fingerprint density at radius 2 is 1.45 bits per heavy atom. The lowest BCUT2D eigenvalue weighted by Gasteiger charge is -2.00. The molecule has 0 radical (unpaired) electrons. The Hall–Kier alpha value is -2.70. The zero-order valence-electron chi connectivity index (χ0n) is 11.3. The second-order valence-electron chi connectivity index (χ2n) is 4.35. The van der Waals surface area contributed by atoms with Gasteiger partial charge in [-0.1, -0.05) is 0 Å². The van der Waals surface area contributed by atoms with Crippen molar-refractivity contribution in [2.45, 2.75) is 20.8 Å². The van der Waals surface area contributed by atoms with Crippen LogP contribution < -0.4 is 0 Å². The summed E-state index contributed by atoms with van der Waals surface area (Å²) in [6, 6.07) is 0. The highest BCUT2D eigenvalue weighted by atomic mass is 16.4. The molecule has 0 aliphatic rings. The molecule has 3 aromatic rings. The number of aromatic nitrogens is 6. The van der Waals surface area contributed by atoms with Crippen molar-refractivity contribution in [2.75, 3.05) is 0 Å². The molecule has 7 heteroatoms. The third-order valence-corrected chi connectivity index (χ3v) is 2.78. The lowest BCUT2D eigenvalue weighted by Crippen LogP contribution is -1.93. The topological polar surface area (TPSA) is 90.5 Å². The van der Waals surface area contributed by atoms with Crippen LogP contribution in [-0.4, -0.2) is 30.1 Å². The van der Waals surface area contributed by atoms with Crippen LogP contribution in [0.25, 0.3) is 22.9 Å². The number of nitrogens with zero attached hydrogens (tertiary/aromatic N) is 6. The van der Waals surface area contributed by atoms with Crippen molar-refractivity contribution in [2.24, 2.45) is 0 Å². The largest absolute Gasteiger partial charge is 0.416 e. The summed E-state index contributed by atoms with van der Waals surface area (Å²) in [5.41, 5.74) is 2.20. The van der Waals surface area contributed by atoms with E-state index in [9.17, 15) is 0 Å². The van der Waals surface area contributed by atoms with Crippen LogP contribution in [0.3, 0.4) is 0 Å². The summed E-state index contributed by atoms with van der Waals surface area (Å²) in [6.45, 7) is 5.53. The fourth-order valence-corrected chi connectivity index (χ4v) is 1.74. The van der Waals surface area contributed by atoms with Crippen molar-refractivity contribution in [1.82, 2.24) is 30.1 Å². The van der Waals surface area contributed by atoms with Crippen molar-refractivity contribution in [1.29, 1.82) is 0 Å². The van der Waals surface area contributed by atoms with E-state index in [0.29, 0.717) is 29.0 Å². The lowest BCUT2D eigenvalue weighted by atomic mass is 10.2. The minimum Gasteiger partial charge on any atom is -0.416 e. The standard InChI is InChI=1S/C13H12N6O/c1-7-11(6-16-9(3)17-7)13-19-18-12(20-13)10-4-14-8(2)15-5-10/h4-6H,1-3H3. The number of rotatable bonds is 2. The van der Waals surface area contributed by atoms with E-state index in [4.69, 9.17) is 4.42 Å². The fraction of sp³-hybridized carbons (Fsp3) is 0.231. The van der Waals surface area contributed by atoms with E-state index in [0.717, 1.165) is 11.3 Å². The molecule has 0 bridgehead atoms. The number of aryl methyl sites for hydroxylation is 3. The van der Waals surface area contributed by atoms with Crippen molar-refractivity contribution < 1.29 is 4.42 Å². The predicted molar refractivity (Wildman–Crippen MR) is 70.6 cm³/mol.